The number of carbonyl (C=O) groups excluding carboxylic acids is 2. The molecule has 162 valence electrons. The van der Waals surface area contributed by atoms with Gasteiger partial charge in [-0.05, 0) is 55.0 Å². The Labute approximate surface area is 178 Å². The number of hydrogen-bond acceptors (Lipinski definition) is 5. The third kappa shape index (κ3) is 6.24. The van der Waals surface area contributed by atoms with Crippen LogP contribution in [0.25, 0.3) is 0 Å². The van der Waals surface area contributed by atoms with Crippen molar-refractivity contribution < 1.29 is 23.8 Å². The Balaban J connectivity index is 1.91. The van der Waals surface area contributed by atoms with Gasteiger partial charge in [0.2, 0.25) is 0 Å². The molecule has 2 rings (SSSR count). The maximum absolute atomic E-state index is 12.5. The van der Waals surface area contributed by atoms with Crippen LogP contribution in [0.2, 0.25) is 0 Å². The van der Waals surface area contributed by atoms with Gasteiger partial charge in [-0.2, -0.15) is 0 Å². The number of hydrogen-bond donors (Lipinski definition) is 1. The molecule has 0 fully saturated rings. The Kier molecular flexibility index (Phi) is 8.71. The zero-order chi connectivity index (χ0) is 22.1. The predicted molar refractivity (Wildman–Crippen MR) is 117 cm³/mol. The fourth-order valence-corrected chi connectivity index (χ4v) is 3.09. The van der Waals surface area contributed by atoms with Gasteiger partial charge < -0.3 is 19.5 Å². The number of aryl methyl sites for hydroxylation is 1. The number of nitrogens with one attached hydrogen (secondary N) is 1. The number of para-hydroxylation sites is 1. The van der Waals surface area contributed by atoms with Crippen molar-refractivity contribution in [3.8, 4) is 11.5 Å². The molecule has 1 amide bonds. The smallest absolute Gasteiger partial charge is 0.306 e. The van der Waals surface area contributed by atoms with Gasteiger partial charge in [-0.1, -0.05) is 38.1 Å². The Hall–Kier alpha value is -3.02. The van der Waals surface area contributed by atoms with Crippen LogP contribution in [0.15, 0.2) is 42.5 Å². The maximum Gasteiger partial charge on any atom is 0.306 e. The van der Waals surface area contributed by atoms with Gasteiger partial charge in [-0.25, -0.2) is 0 Å². The van der Waals surface area contributed by atoms with Crippen LogP contribution < -0.4 is 14.8 Å². The first kappa shape index (κ1) is 23.3. The normalized spacial score (nSPS) is 12.6. The van der Waals surface area contributed by atoms with Crippen molar-refractivity contribution in [3.63, 3.8) is 0 Å². The largest absolute Gasteiger partial charge is 0.493 e. The molecule has 0 bridgehead atoms. The number of carbonyl (C=O) groups is 2. The molecule has 0 aliphatic carbocycles. The second-order valence-electron chi connectivity index (χ2n) is 7.21. The van der Waals surface area contributed by atoms with E-state index >= 15 is 0 Å². The fraction of sp³-hybridized carbons (Fsp3) is 0.417. The van der Waals surface area contributed by atoms with E-state index in [0.29, 0.717) is 23.8 Å². The summed E-state index contributed by atoms with van der Waals surface area (Å²) in [6.07, 6.45) is 0.724. The average Bonchev–Trinajstić information content (AvgIpc) is 2.77. The quantitative estimate of drug-likeness (QED) is 0.571. The Morgan fingerprint density at radius 1 is 1.00 bits per heavy atom. The number of ether oxygens (including phenoxy) is 3. The summed E-state index contributed by atoms with van der Waals surface area (Å²) in [5.74, 6) is 0.789. The van der Waals surface area contributed by atoms with Crippen molar-refractivity contribution >= 4 is 17.6 Å². The van der Waals surface area contributed by atoms with Gasteiger partial charge in [0, 0.05) is 12.1 Å². The molecule has 0 aromatic heterocycles. The van der Waals surface area contributed by atoms with Crippen LogP contribution in [-0.4, -0.2) is 32.2 Å². The van der Waals surface area contributed by atoms with Crippen LogP contribution in [0.4, 0.5) is 5.69 Å². The summed E-state index contributed by atoms with van der Waals surface area (Å²) in [6, 6.07) is 13.2. The number of esters is 1. The van der Waals surface area contributed by atoms with Crippen LogP contribution >= 0.6 is 0 Å². The maximum atomic E-state index is 12.5. The van der Waals surface area contributed by atoms with E-state index in [1.54, 1.807) is 27.2 Å². The van der Waals surface area contributed by atoms with Crippen molar-refractivity contribution in [2.45, 2.75) is 52.1 Å². The molecule has 1 N–H and O–H groups in total. The molecule has 0 spiro atoms. The summed E-state index contributed by atoms with van der Waals surface area (Å²) >= 11 is 0. The minimum Gasteiger partial charge on any atom is -0.493 e. The highest BCUT2D eigenvalue weighted by Gasteiger charge is 2.20. The summed E-state index contributed by atoms with van der Waals surface area (Å²) in [5.41, 5.74) is 2.74. The van der Waals surface area contributed by atoms with E-state index in [2.05, 4.69) is 19.2 Å². The Bertz CT molecular complexity index is 864. The van der Waals surface area contributed by atoms with Gasteiger partial charge in [-0.3, -0.25) is 9.59 Å². The first-order valence-corrected chi connectivity index (χ1v) is 10.2. The molecule has 0 unspecified atom stereocenters. The molecular weight excluding hydrogens is 382 g/mol. The molecule has 0 heterocycles. The van der Waals surface area contributed by atoms with Crippen molar-refractivity contribution in [3.05, 3.63) is 53.6 Å². The first-order chi connectivity index (χ1) is 14.4. The van der Waals surface area contributed by atoms with Crippen LogP contribution in [0.3, 0.4) is 0 Å². The number of amides is 1. The van der Waals surface area contributed by atoms with E-state index in [-0.39, 0.29) is 12.3 Å². The summed E-state index contributed by atoms with van der Waals surface area (Å²) in [6.45, 7) is 5.80. The summed E-state index contributed by atoms with van der Waals surface area (Å²) in [7, 11) is 3.14. The van der Waals surface area contributed by atoms with Crippen LogP contribution in [0.5, 0.6) is 11.5 Å². The van der Waals surface area contributed by atoms with Crippen molar-refractivity contribution in [1.82, 2.24) is 0 Å². The third-order valence-corrected chi connectivity index (χ3v) is 5.11. The number of methoxy groups -OCH3 is 2. The van der Waals surface area contributed by atoms with Gasteiger partial charge in [0.15, 0.2) is 17.6 Å². The van der Waals surface area contributed by atoms with Gasteiger partial charge >= 0.3 is 5.97 Å². The first-order valence-electron chi connectivity index (χ1n) is 10.2. The second-order valence-corrected chi connectivity index (χ2v) is 7.21. The molecule has 2 atom stereocenters. The molecule has 2 aromatic carbocycles. The topological polar surface area (TPSA) is 73.9 Å². The summed E-state index contributed by atoms with van der Waals surface area (Å²) in [5, 5.41) is 2.89. The lowest BCUT2D eigenvalue weighted by Crippen LogP contribution is -2.30. The molecule has 6 heteroatoms. The van der Waals surface area contributed by atoms with Gasteiger partial charge in [0.05, 0.1) is 14.2 Å². The lowest BCUT2D eigenvalue weighted by Gasteiger charge is -2.18. The minimum absolute atomic E-state index is 0.163. The zero-order valence-electron chi connectivity index (χ0n) is 18.4. The van der Waals surface area contributed by atoms with E-state index in [0.717, 1.165) is 23.2 Å². The van der Waals surface area contributed by atoms with Gasteiger partial charge in [0.25, 0.3) is 5.91 Å². The highest BCUT2D eigenvalue weighted by atomic mass is 16.5. The summed E-state index contributed by atoms with van der Waals surface area (Å²) < 4.78 is 15.8. The van der Waals surface area contributed by atoms with E-state index in [1.807, 2.05) is 36.4 Å². The number of rotatable bonds is 10. The van der Waals surface area contributed by atoms with Crippen LogP contribution in [-0.2, 0) is 20.7 Å². The van der Waals surface area contributed by atoms with Crippen molar-refractivity contribution in [1.29, 1.82) is 0 Å². The highest BCUT2D eigenvalue weighted by Crippen LogP contribution is 2.28. The average molecular weight is 414 g/mol. The molecule has 0 aliphatic heterocycles. The van der Waals surface area contributed by atoms with Gasteiger partial charge in [-0.15, -0.1) is 0 Å². The number of benzene rings is 2. The minimum atomic E-state index is -0.882. The van der Waals surface area contributed by atoms with Crippen LogP contribution in [0, 0.1) is 0 Å². The Morgan fingerprint density at radius 2 is 1.70 bits per heavy atom. The van der Waals surface area contributed by atoms with E-state index in [9.17, 15) is 9.59 Å². The lowest BCUT2D eigenvalue weighted by atomic mass is 9.97. The fourth-order valence-electron chi connectivity index (χ4n) is 3.09. The molecule has 0 radical (unpaired) electrons. The zero-order valence-corrected chi connectivity index (χ0v) is 18.4. The lowest BCUT2D eigenvalue weighted by molar-refractivity contribution is -0.153. The molecule has 30 heavy (non-hydrogen) atoms. The second kappa shape index (κ2) is 11.2. The SMILES string of the molecule is CC[C@@H](C)c1ccccc1NC(=O)[C@H](C)OC(=O)CCc1ccc(OC)c(OC)c1. The molecule has 6 nitrogen and oxygen atoms in total. The third-order valence-electron chi connectivity index (χ3n) is 5.11. The predicted octanol–water partition coefficient (Wildman–Crippen LogP) is 4.72. The van der Waals surface area contributed by atoms with Crippen LogP contribution in [0.1, 0.15) is 50.7 Å². The molecule has 0 saturated carbocycles. The van der Waals surface area contributed by atoms with Crippen molar-refractivity contribution in [2.75, 3.05) is 19.5 Å². The van der Waals surface area contributed by atoms with Gasteiger partial charge in [0.1, 0.15) is 0 Å². The summed E-state index contributed by atoms with van der Waals surface area (Å²) in [4.78, 5) is 24.7. The monoisotopic (exact) mass is 413 g/mol. The van der Waals surface area contributed by atoms with Crippen molar-refractivity contribution in [2.24, 2.45) is 0 Å². The molecular formula is C24H31NO5. The molecule has 0 aliphatic rings. The highest BCUT2D eigenvalue weighted by molar-refractivity contribution is 5.95. The molecule has 2 aromatic rings. The van der Waals surface area contributed by atoms with E-state index in [4.69, 9.17) is 14.2 Å². The standard InChI is InChI=1S/C24H31NO5/c1-6-16(2)19-9-7-8-10-20(19)25-24(27)17(3)30-23(26)14-12-18-11-13-21(28-4)22(15-18)29-5/h7-11,13,15-17H,6,12,14H2,1-5H3,(H,25,27)/t16-,17+/m1/s1. The molecule has 0 saturated heterocycles. The van der Waals surface area contributed by atoms with E-state index in [1.165, 1.54) is 0 Å². The number of anilines is 1. The Morgan fingerprint density at radius 3 is 2.37 bits per heavy atom. The van der Waals surface area contributed by atoms with E-state index < -0.39 is 12.1 Å².